The number of nitrogens with one attached hydrogen (secondary N) is 1. The van der Waals surface area contributed by atoms with Crippen molar-refractivity contribution in [2.45, 2.75) is 20.8 Å². The molecule has 0 heterocycles. The largest absolute Gasteiger partial charge is 0.393 e. The fourth-order valence-electron chi connectivity index (χ4n) is 1.74. The summed E-state index contributed by atoms with van der Waals surface area (Å²) < 4.78 is 12.9. The van der Waals surface area contributed by atoms with Crippen molar-refractivity contribution in [3.8, 4) is 0 Å². The van der Waals surface area contributed by atoms with Crippen molar-refractivity contribution in [1.82, 2.24) is 0 Å². The van der Waals surface area contributed by atoms with Gasteiger partial charge in [0, 0.05) is 5.69 Å². The summed E-state index contributed by atoms with van der Waals surface area (Å²) in [4.78, 5) is 12.2. The van der Waals surface area contributed by atoms with E-state index in [1.807, 2.05) is 13.8 Å². The summed E-state index contributed by atoms with van der Waals surface area (Å²) in [7, 11) is 0. The molecule has 1 rings (SSSR count). The summed E-state index contributed by atoms with van der Waals surface area (Å²) in [6, 6.07) is 4.19. The standard InChI is InChI=1S/C13H17FN2OS/c1-7(2)11(12(15)18)13(17)16-10-5-4-9(14)6-8(10)3/h4-7,11H,1-3H3,(H2,15,18)(H,16,17). The van der Waals surface area contributed by atoms with Crippen LogP contribution in [0.3, 0.4) is 0 Å². The summed E-state index contributed by atoms with van der Waals surface area (Å²) in [6.45, 7) is 5.48. The lowest BCUT2D eigenvalue weighted by Crippen LogP contribution is -2.36. The van der Waals surface area contributed by atoms with E-state index >= 15 is 0 Å². The van der Waals surface area contributed by atoms with Gasteiger partial charge in [-0.05, 0) is 36.6 Å². The molecule has 1 amide bonds. The molecule has 1 atom stereocenters. The second kappa shape index (κ2) is 5.91. The first kappa shape index (κ1) is 14.6. The monoisotopic (exact) mass is 268 g/mol. The van der Waals surface area contributed by atoms with Crippen LogP contribution in [0.1, 0.15) is 19.4 Å². The average Bonchev–Trinajstić information content (AvgIpc) is 2.21. The molecule has 98 valence electrons. The zero-order valence-corrected chi connectivity index (χ0v) is 11.5. The maximum atomic E-state index is 12.9. The maximum absolute atomic E-state index is 12.9. The number of anilines is 1. The molecule has 1 unspecified atom stereocenters. The molecule has 0 aliphatic carbocycles. The zero-order valence-electron chi connectivity index (χ0n) is 10.7. The van der Waals surface area contributed by atoms with Crippen molar-refractivity contribution in [3.05, 3.63) is 29.6 Å². The predicted octanol–water partition coefficient (Wildman–Crippen LogP) is 2.63. The molecule has 0 saturated carbocycles. The Bertz CT molecular complexity index is 474. The van der Waals surface area contributed by atoms with Crippen LogP contribution < -0.4 is 11.1 Å². The van der Waals surface area contributed by atoms with Crippen LogP contribution in [-0.4, -0.2) is 10.9 Å². The topological polar surface area (TPSA) is 55.1 Å². The van der Waals surface area contributed by atoms with Crippen LogP contribution in [-0.2, 0) is 4.79 Å². The Morgan fingerprint density at radius 1 is 1.44 bits per heavy atom. The van der Waals surface area contributed by atoms with Gasteiger partial charge in [0.15, 0.2) is 0 Å². The first-order valence-corrected chi connectivity index (χ1v) is 6.10. The molecule has 0 spiro atoms. The third kappa shape index (κ3) is 3.50. The highest BCUT2D eigenvalue weighted by atomic mass is 32.1. The van der Waals surface area contributed by atoms with Crippen molar-refractivity contribution >= 4 is 28.8 Å². The molecule has 18 heavy (non-hydrogen) atoms. The number of thiocarbonyl (C=S) groups is 1. The minimum atomic E-state index is -0.524. The van der Waals surface area contributed by atoms with Crippen molar-refractivity contribution < 1.29 is 9.18 Å². The molecule has 0 aliphatic heterocycles. The first-order valence-electron chi connectivity index (χ1n) is 5.69. The van der Waals surface area contributed by atoms with Gasteiger partial charge >= 0.3 is 0 Å². The number of aryl methyl sites for hydroxylation is 1. The summed E-state index contributed by atoms with van der Waals surface area (Å²) in [6.07, 6.45) is 0. The Balaban J connectivity index is 2.89. The van der Waals surface area contributed by atoms with Crippen LogP contribution >= 0.6 is 12.2 Å². The molecule has 0 radical (unpaired) electrons. The number of halogens is 1. The lowest BCUT2D eigenvalue weighted by molar-refractivity contribution is -0.118. The van der Waals surface area contributed by atoms with E-state index in [0.717, 1.165) is 0 Å². The van der Waals surface area contributed by atoms with Crippen LogP contribution in [0.15, 0.2) is 18.2 Å². The predicted molar refractivity (Wildman–Crippen MR) is 74.9 cm³/mol. The van der Waals surface area contributed by atoms with Crippen LogP contribution in [0.4, 0.5) is 10.1 Å². The molecule has 0 aromatic heterocycles. The molecule has 5 heteroatoms. The summed E-state index contributed by atoms with van der Waals surface area (Å²) >= 11 is 4.90. The van der Waals surface area contributed by atoms with Crippen LogP contribution in [0.5, 0.6) is 0 Å². The third-order valence-electron chi connectivity index (χ3n) is 2.70. The van der Waals surface area contributed by atoms with Gasteiger partial charge in [-0.15, -0.1) is 0 Å². The van der Waals surface area contributed by atoms with Crippen molar-refractivity contribution in [2.24, 2.45) is 17.6 Å². The second-order valence-electron chi connectivity index (χ2n) is 4.57. The third-order valence-corrected chi connectivity index (χ3v) is 2.96. The number of benzene rings is 1. The van der Waals surface area contributed by atoms with Crippen molar-refractivity contribution in [1.29, 1.82) is 0 Å². The molecule has 0 fully saturated rings. The van der Waals surface area contributed by atoms with E-state index in [4.69, 9.17) is 18.0 Å². The van der Waals surface area contributed by atoms with Gasteiger partial charge in [-0.3, -0.25) is 4.79 Å². The Hall–Kier alpha value is -1.49. The SMILES string of the molecule is Cc1cc(F)ccc1NC(=O)C(C(N)=S)C(C)C. The first-order chi connectivity index (χ1) is 8.32. The van der Waals surface area contributed by atoms with Gasteiger partial charge in [0.25, 0.3) is 0 Å². The van der Waals surface area contributed by atoms with Gasteiger partial charge in [0.05, 0.1) is 10.9 Å². The molecule has 0 bridgehead atoms. The Morgan fingerprint density at radius 2 is 2.06 bits per heavy atom. The van der Waals surface area contributed by atoms with E-state index in [1.54, 1.807) is 6.92 Å². The van der Waals surface area contributed by atoms with Gasteiger partial charge < -0.3 is 11.1 Å². The molecule has 3 N–H and O–H groups in total. The summed E-state index contributed by atoms with van der Waals surface area (Å²) in [5.74, 6) is -1.10. The Kier molecular flexibility index (Phi) is 4.78. The summed E-state index contributed by atoms with van der Waals surface area (Å²) in [5.41, 5.74) is 6.80. The lowest BCUT2D eigenvalue weighted by atomic mass is 9.95. The minimum Gasteiger partial charge on any atom is -0.393 e. The van der Waals surface area contributed by atoms with Gasteiger partial charge in [0.2, 0.25) is 5.91 Å². The molecule has 1 aromatic rings. The van der Waals surface area contributed by atoms with E-state index in [2.05, 4.69) is 5.32 Å². The summed E-state index contributed by atoms with van der Waals surface area (Å²) in [5, 5.41) is 2.73. The van der Waals surface area contributed by atoms with Gasteiger partial charge in [0.1, 0.15) is 5.82 Å². The molecular formula is C13H17FN2OS. The number of rotatable bonds is 4. The highest BCUT2D eigenvalue weighted by Crippen LogP contribution is 2.19. The average molecular weight is 268 g/mol. The van der Waals surface area contributed by atoms with E-state index in [-0.39, 0.29) is 22.6 Å². The highest BCUT2D eigenvalue weighted by Gasteiger charge is 2.25. The minimum absolute atomic E-state index is 0.0169. The van der Waals surface area contributed by atoms with E-state index in [9.17, 15) is 9.18 Å². The number of nitrogens with two attached hydrogens (primary N) is 1. The van der Waals surface area contributed by atoms with E-state index in [1.165, 1.54) is 18.2 Å². The fourth-order valence-corrected chi connectivity index (χ4v) is 2.12. The van der Waals surface area contributed by atoms with Crippen LogP contribution in [0, 0.1) is 24.6 Å². The number of carbonyl (C=O) groups excluding carboxylic acids is 1. The maximum Gasteiger partial charge on any atom is 0.234 e. The molecule has 0 aliphatic rings. The lowest BCUT2D eigenvalue weighted by Gasteiger charge is -2.19. The van der Waals surface area contributed by atoms with Crippen LogP contribution in [0.2, 0.25) is 0 Å². The van der Waals surface area contributed by atoms with Gasteiger partial charge in [-0.2, -0.15) is 0 Å². The molecule has 0 saturated heterocycles. The number of carbonyl (C=O) groups is 1. The fraction of sp³-hybridized carbons (Fsp3) is 0.385. The quantitative estimate of drug-likeness (QED) is 0.825. The molecule has 3 nitrogen and oxygen atoms in total. The Labute approximate surface area is 112 Å². The number of hydrogen-bond donors (Lipinski definition) is 2. The molecular weight excluding hydrogens is 251 g/mol. The van der Waals surface area contributed by atoms with Crippen molar-refractivity contribution in [2.75, 3.05) is 5.32 Å². The smallest absolute Gasteiger partial charge is 0.234 e. The van der Waals surface area contributed by atoms with E-state index in [0.29, 0.717) is 11.3 Å². The molecule has 1 aromatic carbocycles. The van der Waals surface area contributed by atoms with Crippen LogP contribution in [0.25, 0.3) is 0 Å². The zero-order chi connectivity index (χ0) is 13.9. The number of amides is 1. The second-order valence-corrected chi connectivity index (χ2v) is 5.04. The highest BCUT2D eigenvalue weighted by molar-refractivity contribution is 7.80. The van der Waals surface area contributed by atoms with Gasteiger partial charge in [-0.25, -0.2) is 4.39 Å². The Morgan fingerprint density at radius 3 is 2.50 bits per heavy atom. The number of hydrogen-bond acceptors (Lipinski definition) is 2. The normalized spacial score (nSPS) is 12.3. The van der Waals surface area contributed by atoms with Crippen molar-refractivity contribution in [3.63, 3.8) is 0 Å². The van der Waals surface area contributed by atoms with Gasteiger partial charge in [-0.1, -0.05) is 26.1 Å². The van der Waals surface area contributed by atoms with E-state index < -0.39 is 5.92 Å².